The van der Waals surface area contributed by atoms with Crippen molar-refractivity contribution in [2.45, 2.75) is 19.6 Å². The summed E-state index contributed by atoms with van der Waals surface area (Å²) in [6.07, 6.45) is 1.49. The number of rotatable bonds is 8. The van der Waals surface area contributed by atoms with E-state index >= 15 is 0 Å². The van der Waals surface area contributed by atoms with E-state index in [1.165, 1.54) is 6.08 Å². The Labute approximate surface area is 176 Å². The van der Waals surface area contributed by atoms with Gasteiger partial charge in [-0.25, -0.2) is 17.8 Å². The molecule has 0 aliphatic heterocycles. The standard InChI is InChI=1S/C22H24N4O3S/c1-4-14-23-30(28,29)15-18-10-12-19(13-11-18)24-22(27)21-16(2)25-26(17(21)3)20-8-6-5-7-9-20/h4-13,23H,1,14-15H2,2-3H3,(H,24,27). The normalized spacial score (nSPS) is 11.3. The maximum absolute atomic E-state index is 12.9. The second-order valence-electron chi connectivity index (χ2n) is 6.84. The summed E-state index contributed by atoms with van der Waals surface area (Å²) in [4.78, 5) is 12.9. The molecule has 156 valence electrons. The molecule has 3 aromatic rings. The van der Waals surface area contributed by atoms with Crippen LogP contribution in [0, 0.1) is 13.8 Å². The number of nitrogens with one attached hydrogen (secondary N) is 2. The minimum atomic E-state index is -3.43. The van der Waals surface area contributed by atoms with Crippen molar-refractivity contribution in [2.75, 3.05) is 11.9 Å². The third kappa shape index (κ3) is 5.03. The molecular formula is C22H24N4O3S. The lowest BCUT2D eigenvalue weighted by Crippen LogP contribution is -2.25. The molecule has 0 atom stereocenters. The van der Waals surface area contributed by atoms with Gasteiger partial charge in [0.1, 0.15) is 0 Å². The van der Waals surface area contributed by atoms with Crippen LogP contribution >= 0.6 is 0 Å². The van der Waals surface area contributed by atoms with E-state index in [9.17, 15) is 13.2 Å². The molecule has 0 aliphatic carbocycles. The van der Waals surface area contributed by atoms with Crippen molar-refractivity contribution in [3.8, 4) is 5.69 Å². The number of nitrogens with zero attached hydrogens (tertiary/aromatic N) is 2. The summed E-state index contributed by atoms with van der Waals surface area (Å²) < 4.78 is 28.1. The molecule has 0 unspecified atom stereocenters. The molecule has 0 bridgehead atoms. The van der Waals surface area contributed by atoms with E-state index in [4.69, 9.17) is 0 Å². The third-order valence-electron chi connectivity index (χ3n) is 4.54. The van der Waals surface area contributed by atoms with Gasteiger partial charge in [0, 0.05) is 12.2 Å². The van der Waals surface area contributed by atoms with Crippen LogP contribution in [-0.2, 0) is 15.8 Å². The van der Waals surface area contributed by atoms with Crippen LogP contribution < -0.4 is 10.0 Å². The Morgan fingerprint density at radius 2 is 1.77 bits per heavy atom. The highest BCUT2D eigenvalue weighted by atomic mass is 32.2. The first-order chi connectivity index (χ1) is 14.3. The summed E-state index contributed by atoms with van der Waals surface area (Å²) in [5.41, 5.74) is 3.96. The van der Waals surface area contributed by atoms with E-state index < -0.39 is 10.0 Å². The average molecular weight is 425 g/mol. The quantitative estimate of drug-likeness (QED) is 0.543. The van der Waals surface area contributed by atoms with Crippen molar-refractivity contribution in [3.05, 3.63) is 89.8 Å². The molecule has 1 aromatic heterocycles. The van der Waals surface area contributed by atoms with Crippen molar-refractivity contribution in [3.63, 3.8) is 0 Å². The van der Waals surface area contributed by atoms with Gasteiger partial charge >= 0.3 is 0 Å². The van der Waals surface area contributed by atoms with Gasteiger partial charge in [0.2, 0.25) is 10.0 Å². The van der Waals surface area contributed by atoms with Crippen molar-refractivity contribution >= 4 is 21.6 Å². The second kappa shape index (κ2) is 9.06. The van der Waals surface area contributed by atoms with E-state index in [2.05, 4.69) is 21.7 Å². The Morgan fingerprint density at radius 1 is 1.10 bits per heavy atom. The number of sulfonamides is 1. The first-order valence-corrected chi connectivity index (χ1v) is 11.1. The average Bonchev–Trinajstić information content (AvgIpc) is 3.02. The summed E-state index contributed by atoms with van der Waals surface area (Å²) in [6.45, 7) is 7.33. The van der Waals surface area contributed by atoms with Crippen LogP contribution in [0.15, 0.2) is 67.3 Å². The molecule has 2 aromatic carbocycles. The summed E-state index contributed by atoms with van der Waals surface area (Å²) in [7, 11) is -3.43. The van der Waals surface area contributed by atoms with Crippen LogP contribution in [0.5, 0.6) is 0 Å². The summed E-state index contributed by atoms with van der Waals surface area (Å²) in [5, 5.41) is 7.36. The Bertz CT molecular complexity index is 1150. The van der Waals surface area contributed by atoms with Crippen LogP contribution in [0.4, 0.5) is 5.69 Å². The number of carbonyl (C=O) groups is 1. The Kier molecular flexibility index (Phi) is 6.49. The Balaban J connectivity index is 1.74. The monoisotopic (exact) mass is 424 g/mol. The van der Waals surface area contributed by atoms with Gasteiger partial charge in [-0.2, -0.15) is 5.10 Å². The van der Waals surface area contributed by atoms with Crippen LogP contribution in [0.3, 0.4) is 0 Å². The maximum Gasteiger partial charge on any atom is 0.259 e. The largest absolute Gasteiger partial charge is 0.322 e. The van der Waals surface area contributed by atoms with Gasteiger partial charge in [-0.15, -0.1) is 6.58 Å². The molecule has 0 saturated carbocycles. The number of benzene rings is 2. The van der Waals surface area contributed by atoms with E-state index in [0.29, 0.717) is 22.5 Å². The predicted octanol–water partition coefficient (Wildman–Crippen LogP) is 3.35. The number of anilines is 1. The van der Waals surface area contributed by atoms with Gasteiger partial charge in [-0.05, 0) is 43.7 Å². The minimum absolute atomic E-state index is 0.142. The molecular weight excluding hydrogens is 400 g/mol. The molecule has 3 rings (SSSR count). The van der Waals surface area contributed by atoms with E-state index in [0.717, 1.165) is 11.4 Å². The van der Waals surface area contributed by atoms with Crippen LogP contribution in [0.2, 0.25) is 0 Å². The molecule has 7 nitrogen and oxygen atoms in total. The molecule has 0 spiro atoms. The van der Waals surface area contributed by atoms with Crippen molar-refractivity contribution < 1.29 is 13.2 Å². The van der Waals surface area contributed by atoms with Gasteiger partial charge in [-0.1, -0.05) is 36.4 Å². The number of carbonyl (C=O) groups excluding carboxylic acids is 1. The highest BCUT2D eigenvalue weighted by Crippen LogP contribution is 2.20. The molecule has 30 heavy (non-hydrogen) atoms. The number of hydrogen-bond acceptors (Lipinski definition) is 4. The highest BCUT2D eigenvalue weighted by Gasteiger charge is 2.19. The topological polar surface area (TPSA) is 93.1 Å². The molecule has 2 N–H and O–H groups in total. The fourth-order valence-electron chi connectivity index (χ4n) is 3.13. The Hall–Kier alpha value is -3.23. The highest BCUT2D eigenvalue weighted by molar-refractivity contribution is 7.88. The lowest BCUT2D eigenvalue weighted by Gasteiger charge is -2.08. The second-order valence-corrected chi connectivity index (χ2v) is 8.65. The van der Waals surface area contributed by atoms with Gasteiger partial charge in [-0.3, -0.25) is 4.79 Å². The number of aryl methyl sites for hydroxylation is 1. The van der Waals surface area contributed by atoms with E-state index in [1.807, 2.05) is 37.3 Å². The van der Waals surface area contributed by atoms with Crippen molar-refractivity contribution in [1.82, 2.24) is 14.5 Å². The van der Waals surface area contributed by atoms with Crippen molar-refractivity contribution in [2.24, 2.45) is 0 Å². The molecule has 0 fully saturated rings. The summed E-state index contributed by atoms with van der Waals surface area (Å²) in [5.74, 6) is -0.405. The number of amides is 1. The van der Waals surface area contributed by atoms with Crippen LogP contribution in [0.25, 0.3) is 5.69 Å². The predicted molar refractivity (Wildman–Crippen MR) is 118 cm³/mol. The maximum atomic E-state index is 12.9. The molecule has 0 radical (unpaired) electrons. The lowest BCUT2D eigenvalue weighted by atomic mass is 10.1. The van der Waals surface area contributed by atoms with Crippen molar-refractivity contribution in [1.29, 1.82) is 0 Å². The number of para-hydroxylation sites is 1. The smallest absolute Gasteiger partial charge is 0.259 e. The zero-order chi connectivity index (χ0) is 21.7. The fraction of sp³-hybridized carbons (Fsp3) is 0.182. The van der Waals surface area contributed by atoms with Gasteiger partial charge in [0.25, 0.3) is 5.91 Å². The SMILES string of the molecule is C=CCNS(=O)(=O)Cc1ccc(NC(=O)c2c(C)nn(-c3ccccc3)c2C)cc1. The van der Waals surface area contributed by atoms with Gasteiger partial charge < -0.3 is 5.32 Å². The van der Waals surface area contributed by atoms with E-state index in [1.54, 1.807) is 35.9 Å². The zero-order valence-corrected chi connectivity index (χ0v) is 17.7. The third-order valence-corrected chi connectivity index (χ3v) is 5.86. The van der Waals surface area contributed by atoms with Gasteiger partial charge in [0.05, 0.1) is 28.4 Å². The molecule has 0 saturated heterocycles. The first-order valence-electron chi connectivity index (χ1n) is 9.41. The minimum Gasteiger partial charge on any atom is -0.322 e. The summed E-state index contributed by atoms with van der Waals surface area (Å²) >= 11 is 0. The zero-order valence-electron chi connectivity index (χ0n) is 16.9. The van der Waals surface area contributed by atoms with Crippen LogP contribution in [0.1, 0.15) is 27.3 Å². The Morgan fingerprint density at radius 3 is 2.40 bits per heavy atom. The molecule has 1 amide bonds. The van der Waals surface area contributed by atoms with Gasteiger partial charge in [0.15, 0.2) is 0 Å². The van der Waals surface area contributed by atoms with E-state index in [-0.39, 0.29) is 18.2 Å². The molecule has 8 heteroatoms. The molecule has 0 aliphatic rings. The fourth-order valence-corrected chi connectivity index (χ4v) is 4.23. The number of hydrogen-bond donors (Lipinski definition) is 2. The lowest BCUT2D eigenvalue weighted by molar-refractivity contribution is 0.102. The first kappa shape index (κ1) is 21.5. The van der Waals surface area contributed by atoms with Crippen LogP contribution in [-0.4, -0.2) is 30.7 Å². The number of aromatic nitrogens is 2. The summed E-state index contributed by atoms with van der Waals surface area (Å²) in [6, 6.07) is 16.3. The molecule has 1 heterocycles.